The highest BCUT2D eigenvalue weighted by Gasteiger charge is 2.26. The summed E-state index contributed by atoms with van der Waals surface area (Å²) in [7, 11) is 0. The van der Waals surface area contributed by atoms with Crippen molar-refractivity contribution < 1.29 is 0 Å². The van der Waals surface area contributed by atoms with Gasteiger partial charge in [0.2, 0.25) is 0 Å². The van der Waals surface area contributed by atoms with E-state index in [0.717, 1.165) is 0 Å². The van der Waals surface area contributed by atoms with Crippen molar-refractivity contribution in [1.29, 1.82) is 0 Å². The van der Waals surface area contributed by atoms with Crippen LogP contribution in [0.4, 0.5) is 0 Å². The van der Waals surface area contributed by atoms with E-state index in [1.807, 2.05) is 0 Å². The number of hydrogen-bond acceptors (Lipinski definition) is 0. The number of aryl methyl sites for hydroxylation is 1. The van der Waals surface area contributed by atoms with Gasteiger partial charge in [0, 0.05) is 6.42 Å². The standard InChI is InChI=1S/C24H37/c1-6-11-18-16-20-17-19(12-7-2)22(14-9-4)24(20)23(15-10-5)21(18)13-8-3/h16-17H,6-15H2,1-5H3. The largest absolute Gasteiger partial charge is 0.0651 e. The number of hydrogen-bond donors (Lipinski definition) is 0. The zero-order valence-corrected chi connectivity index (χ0v) is 16.7. The molecular formula is C24H37. The van der Waals surface area contributed by atoms with Crippen LogP contribution in [0.1, 0.15) is 107 Å². The molecule has 24 heavy (non-hydrogen) atoms. The molecule has 0 fully saturated rings. The van der Waals surface area contributed by atoms with E-state index in [2.05, 4.69) is 47.1 Å². The molecule has 2 rings (SSSR count). The van der Waals surface area contributed by atoms with Gasteiger partial charge in [-0.1, -0.05) is 78.4 Å². The summed E-state index contributed by atoms with van der Waals surface area (Å²) in [6.07, 6.45) is 15.0. The second-order valence-corrected chi connectivity index (χ2v) is 7.36. The zero-order chi connectivity index (χ0) is 17.5. The van der Waals surface area contributed by atoms with Gasteiger partial charge in [0.05, 0.1) is 0 Å². The molecule has 1 aliphatic carbocycles. The van der Waals surface area contributed by atoms with Crippen LogP contribution >= 0.6 is 0 Å². The first-order valence-corrected chi connectivity index (χ1v) is 10.5. The van der Waals surface area contributed by atoms with Gasteiger partial charge in [0.15, 0.2) is 0 Å². The van der Waals surface area contributed by atoms with Crippen LogP contribution in [0.5, 0.6) is 0 Å². The molecule has 0 atom stereocenters. The van der Waals surface area contributed by atoms with Gasteiger partial charge in [-0.2, -0.15) is 0 Å². The van der Waals surface area contributed by atoms with Crippen molar-refractivity contribution in [2.24, 2.45) is 0 Å². The first-order valence-electron chi connectivity index (χ1n) is 10.5. The summed E-state index contributed by atoms with van der Waals surface area (Å²) in [5, 5.41) is 0. The van der Waals surface area contributed by atoms with E-state index in [1.54, 1.807) is 33.4 Å². The van der Waals surface area contributed by atoms with Crippen LogP contribution in [0.25, 0.3) is 5.57 Å². The van der Waals surface area contributed by atoms with Crippen molar-refractivity contribution in [3.8, 4) is 0 Å². The number of rotatable bonds is 10. The van der Waals surface area contributed by atoms with E-state index in [1.165, 1.54) is 69.8 Å². The fourth-order valence-corrected chi connectivity index (χ4v) is 4.38. The van der Waals surface area contributed by atoms with Crippen molar-refractivity contribution in [2.75, 3.05) is 0 Å². The molecule has 133 valence electrons. The first-order chi connectivity index (χ1) is 11.7. The number of fused-ring (bicyclic) bond motifs is 1. The van der Waals surface area contributed by atoms with Gasteiger partial charge in [-0.3, -0.25) is 0 Å². The highest BCUT2D eigenvalue weighted by molar-refractivity contribution is 5.83. The van der Waals surface area contributed by atoms with Crippen molar-refractivity contribution in [1.82, 2.24) is 0 Å². The number of benzene rings is 1. The third kappa shape index (κ3) is 3.95. The third-order valence-corrected chi connectivity index (χ3v) is 5.23. The van der Waals surface area contributed by atoms with E-state index < -0.39 is 0 Å². The van der Waals surface area contributed by atoms with Crippen molar-refractivity contribution >= 4 is 5.57 Å². The van der Waals surface area contributed by atoms with Crippen LogP contribution in [0.2, 0.25) is 0 Å². The fourth-order valence-electron chi connectivity index (χ4n) is 4.38. The smallest absolute Gasteiger partial charge is 0.0167 e. The first kappa shape index (κ1) is 19.3. The Balaban J connectivity index is 2.63. The predicted octanol–water partition coefficient (Wildman–Crippen LogP) is 7.46. The molecule has 0 spiro atoms. The summed E-state index contributed by atoms with van der Waals surface area (Å²) < 4.78 is 0. The maximum atomic E-state index is 2.54. The molecule has 0 saturated heterocycles. The second-order valence-electron chi connectivity index (χ2n) is 7.36. The lowest BCUT2D eigenvalue weighted by atomic mass is 9.84. The molecule has 0 unspecified atom stereocenters. The highest BCUT2D eigenvalue weighted by Crippen LogP contribution is 2.43. The third-order valence-electron chi connectivity index (χ3n) is 5.23. The summed E-state index contributed by atoms with van der Waals surface area (Å²) in [6.45, 7) is 11.6. The molecule has 0 amide bonds. The molecule has 1 radical (unpaired) electrons. The Bertz CT molecular complexity index is 574. The van der Waals surface area contributed by atoms with E-state index in [0.29, 0.717) is 0 Å². The normalized spacial score (nSPS) is 13.7. The molecule has 0 nitrogen and oxygen atoms in total. The van der Waals surface area contributed by atoms with Crippen LogP contribution in [0, 0.1) is 6.42 Å². The topological polar surface area (TPSA) is 0 Å². The Morgan fingerprint density at radius 2 is 1.21 bits per heavy atom. The average molecular weight is 326 g/mol. The van der Waals surface area contributed by atoms with Crippen LogP contribution in [-0.4, -0.2) is 0 Å². The molecule has 0 N–H and O–H groups in total. The van der Waals surface area contributed by atoms with Crippen LogP contribution in [0.3, 0.4) is 0 Å². The Kier molecular flexibility index (Phi) is 7.59. The molecule has 0 aromatic heterocycles. The van der Waals surface area contributed by atoms with Gasteiger partial charge in [-0.25, -0.2) is 0 Å². The molecule has 0 heterocycles. The second kappa shape index (κ2) is 9.44. The van der Waals surface area contributed by atoms with E-state index >= 15 is 0 Å². The summed E-state index contributed by atoms with van der Waals surface area (Å²) in [5.74, 6) is 0. The molecule has 0 aliphatic heterocycles. The monoisotopic (exact) mass is 325 g/mol. The Morgan fingerprint density at radius 3 is 1.79 bits per heavy atom. The minimum atomic E-state index is 1.24. The van der Waals surface area contributed by atoms with E-state index in [9.17, 15) is 0 Å². The molecule has 1 aromatic rings. The summed E-state index contributed by atoms with van der Waals surface area (Å²) in [4.78, 5) is 0. The lowest BCUT2D eigenvalue weighted by Crippen LogP contribution is -2.06. The SMILES string of the molecule is CCCC1=C(CCC)c2c(cc(CCC)c(CCC)c2CCC)[CH]1. The lowest BCUT2D eigenvalue weighted by molar-refractivity contribution is 0.821. The lowest BCUT2D eigenvalue weighted by Gasteiger charge is -2.21. The molecule has 0 bridgehead atoms. The van der Waals surface area contributed by atoms with Gasteiger partial charge < -0.3 is 0 Å². The van der Waals surface area contributed by atoms with Gasteiger partial charge in [0.25, 0.3) is 0 Å². The van der Waals surface area contributed by atoms with Crippen LogP contribution in [0.15, 0.2) is 11.6 Å². The molecule has 1 aromatic carbocycles. The average Bonchev–Trinajstić information content (AvgIpc) is 2.89. The summed E-state index contributed by atoms with van der Waals surface area (Å²) in [6, 6.07) is 2.54. The zero-order valence-electron chi connectivity index (χ0n) is 16.7. The Morgan fingerprint density at radius 1 is 0.625 bits per heavy atom. The number of allylic oxidation sites excluding steroid dienone is 2. The quantitative estimate of drug-likeness (QED) is 0.418. The van der Waals surface area contributed by atoms with Crippen LogP contribution < -0.4 is 0 Å². The maximum absolute atomic E-state index is 2.54. The summed E-state index contributed by atoms with van der Waals surface area (Å²) in [5.41, 5.74) is 11.5. The van der Waals surface area contributed by atoms with Gasteiger partial charge in [-0.15, -0.1) is 0 Å². The van der Waals surface area contributed by atoms with E-state index in [-0.39, 0.29) is 0 Å². The van der Waals surface area contributed by atoms with Crippen molar-refractivity contribution in [2.45, 2.75) is 98.8 Å². The minimum absolute atomic E-state index is 1.24. The highest BCUT2D eigenvalue weighted by atomic mass is 14.3. The Labute approximate surface area is 150 Å². The summed E-state index contributed by atoms with van der Waals surface area (Å²) >= 11 is 0. The minimum Gasteiger partial charge on any atom is -0.0651 e. The van der Waals surface area contributed by atoms with Gasteiger partial charge in [0.1, 0.15) is 0 Å². The maximum Gasteiger partial charge on any atom is 0.0167 e. The van der Waals surface area contributed by atoms with E-state index in [4.69, 9.17) is 0 Å². The fraction of sp³-hybridized carbons (Fsp3) is 0.625. The molecule has 0 heteroatoms. The molecule has 1 aliphatic rings. The Hall–Kier alpha value is -1.04. The molecule has 0 saturated carbocycles. The van der Waals surface area contributed by atoms with Crippen LogP contribution in [-0.2, 0) is 19.3 Å². The van der Waals surface area contributed by atoms with Crippen molar-refractivity contribution in [3.63, 3.8) is 0 Å². The van der Waals surface area contributed by atoms with Gasteiger partial charge in [-0.05, 0) is 65.5 Å². The predicted molar refractivity (Wildman–Crippen MR) is 109 cm³/mol. The van der Waals surface area contributed by atoms with Crippen molar-refractivity contribution in [3.05, 3.63) is 45.9 Å². The molecular weight excluding hydrogens is 288 g/mol. The van der Waals surface area contributed by atoms with Gasteiger partial charge >= 0.3 is 0 Å².